The van der Waals surface area contributed by atoms with Crippen LogP contribution < -0.4 is 5.32 Å². The Kier molecular flexibility index (Phi) is 3.42. The minimum Gasteiger partial charge on any atom is -0.339 e. The molecule has 0 bridgehead atoms. The van der Waals surface area contributed by atoms with Crippen molar-refractivity contribution in [2.45, 2.75) is 38.6 Å². The molecule has 2 heterocycles. The summed E-state index contributed by atoms with van der Waals surface area (Å²) in [7, 11) is 0. The van der Waals surface area contributed by atoms with Gasteiger partial charge in [-0.3, -0.25) is 14.6 Å². The van der Waals surface area contributed by atoms with Crippen LogP contribution in [0.4, 0.5) is 5.69 Å². The molecule has 0 spiro atoms. The maximum atomic E-state index is 12.2. The molecule has 1 aliphatic heterocycles. The van der Waals surface area contributed by atoms with Gasteiger partial charge in [-0.1, -0.05) is 0 Å². The smallest absolute Gasteiger partial charge is 0.229 e. The molecule has 20 heavy (non-hydrogen) atoms. The van der Waals surface area contributed by atoms with Crippen LogP contribution in [0.2, 0.25) is 0 Å². The van der Waals surface area contributed by atoms with Crippen LogP contribution in [0.25, 0.3) is 0 Å². The molecule has 1 saturated carbocycles. The first-order chi connectivity index (χ1) is 9.63. The second kappa shape index (κ2) is 5.23. The number of aryl methyl sites for hydroxylation is 1. The average molecular weight is 273 g/mol. The third kappa shape index (κ3) is 2.53. The normalized spacial score (nSPS) is 22.8. The zero-order valence-corrected chi connectivity index (χ0v) is 11.6. The van der Waals surface area contributed by atoms with Gasteiger partial charge in [0.2, 0.25) is 11.8 Å². The summed E-state index contributed by atoms with van der Waals surface area (Å²) in [5, 5.41) is 2.88. The Balaban J connectivity index is 1.62. The van der Waals surface area contributed by atoms with E-state index < -0.39 is 0 Å². The summed E-state index contributed by atoms with van der Waals surface area (Å²) >= 11 is 0. The molecule has 3 rings (SSSR count). The predicted octanol–water partition coefficient (Wildman–Crippen LogP) is 1.73. The summed E-state index contributed by atoms with van der Waals surface area (Å²) < 4.78 is 0. The van der Waals surface area contributed by atoms with Crippen LogP contribution in [0.15, 0.2) is 18.3 Å². The fourth-order valence-electron chi connectivity index (χ4n) is 2.83. The monoisotopic (exact) mass is 273 g/mol. The summed E-state index contributed by atoms with van der Waals surface area (Å²) in [5.41, 5.74) is 1.61. The van der Waals surface area contributed by atoms with Gasteiger partial charge in [0.15, 0.2) is 0 Å². The molecule has 1 aromatic rings. The Morgan fingerprint density at radius 1 is 1.45 bits per heavy atom. The van der Waals surface area contributed by atoms with E-state index in [0.29, 0.717) is 19.0 Å². The van der Waals surface area contributed by atoms with Gasteiger partial charge in [0, 0.05) is 36.6 Å². The molecule has 1 aliphatic carbocycles. The zero-order valence-electron chi connectivity index (χ0n) is 11.6. The number of hydrogen-bond acceptors (Lipinski definition) is 3. The number of pyridine rings is 1. The van der Waals surface area contributed by atoms with E-state index in [9.17, 15) is 9.59 Å². The van der Waals surface area contributed by atoms with Crippen LogP contribution in [-0.4, -0.2) is 34.3 Å². The molecule has 0 radical (unpaired) electrons. The number of carbonyl (C=O) groups is 2. The van der Waals surface area contributed by atoms with Gasteiger partial charge in [-0.2, -0.15) is 0 Å². The first kappa shape index (κ1) is 13.1. The van der Waals surface area contributed by atoms with Crippen LogP contribution >= 0.6 is 0 Å². The van der Waals surface area contributed by atoms with Gasteiger partial charge in [-0.25, -0.2) is 0 Å². The van der Waals surface area contributed by atoms with Gasteiger partial charge in [-0.05, 0) is 38.3 Å². The molecule has 5 heteroatoms. The van der Waals surface area contributed by atoms with Gasteiger partial charge in [-0.15, -0.1) is 0 Å². The van der Waals surface area contributed by atoms with Crippen molar-refractivity contribution in [2.75, 3.05) is 11.9 Å². The lowest BCUT2D eigenvalue weighted by Gasteiger charge is -2.34. The number of likely N-dealkylation sites (tertiary alicyclic amines) is 1. The number of aromatic nitrogens is 1. The summed E-state index contributed by atoms with van der Waals surface area (Å²) in [6.45, 7) is 2.45. The lowest BCUT2D eigenvalue weighted by atomic mass is 9.92. The number of hydrogen-bond donors (Lipinski definition) is 1. The highest BCUT2D eigenvalue weighted by Gasteiger charge is 2.39. The van der Waals surface area contributed by atoms with Crippen molar-refractivity contribution >= 4 is 17.5 Å². The number of nitrogens with zero attached hydrogens (tertiary/aromatic N) is 2. The molecule has 1 N–H and O–H groups in total. The summed E-state index contributed by atoms with van der Waals surface area (Å²) in [5.74, 6) is -0.164. The number of amides is 2. The van der Waals surface area contributed by atoms with E-state index in [1.54, 1.807) is 12.3 Å². The largest absolute Gasteiger partial charge is 0.339 e. The first-order valence-electron chi connectivity index (χ1n) is 7.16. The Hall–Kier alpha value is -1.91. The highest BCUT2D eigenvalue weighted by atomic mass is 16.2. The Morgan fingerprint density at radius 2 is 2.25 bits per heavy atom. The van der Waals surface area contributed by atoms with Crippen molar-refractivity contribution in [3.05, 3.63) is 24.0 Å². The van der Waals surface area contributed by atoms with Crippen molar-refractivity contribution in [2.24, 2.45) is 5.92 Å². The van der Waals surface area contributed by atoms with Crippen LogP contribution in [-0.2, 0) is 9.59 Å². The molecule has 1 aromatic heterocycles. The second-order valence-corrected chi connectivity index (χ2v) is 5.71. The van der Waals surface area contributed by atoms with E-state index in [2.05, 4.69) is 10.3 Å². The highest BCUT2D eigenvalue weighted by molar-refractivity contribution is 5.97. The molecule has 2 aliphatic rings. The maximum Gasteiger partial charge on any atom is 0.229 e. The van der Waals surface area contributed by atoms with E-state index in [0.717, 1.165) is 24.2 Å². The minimum atomic E-state index is -0.225. The third-order valence-electron chi connectivity index (χ3n) is 4.21. The molecule has 2 amide bonds. The topological polar surface area (TPSA) is 62.3 Å². The molecular weight excluding hydrogens is 254 g/mol. The lowest BCUT2D eigenvalue weighted by Crippen LogP contribution is -2.41. The summed E-state index contributed by atoms with van der Waals surface area (Å²) in [6, 6.07) is 3.98. The molecule has 106 valence electrons. The van der Waals surface area contributed by atoms with Crippen LogP contribution in [0, 0.1) is 12.8 Å². The van der Waals surface area contributed by atoms with Crippen molar-refractivity contribution < 1.29 is 9.59 Å². The van der Waals surface area contributed by atoms with Crippen LogP contribution in [0.5, 0.6) is 0 Å². The maximum absolute atomic E-state index is 12.2. The third-order valence-corrected chi connectivity index (χ3v) is 4.21. The first-order valence-corrected chi connectivity index (χ1v) is 7.16. The van der Waals surface area contributed by atoms with Crippen molar-refractivity contribution in [3.63, 3.8) is 0 Å². The fourth-order valence-corrected chi connectivity index (χ4v) is 2.83. The predicted molar refractivity (Wildman–Crippen MR) is 75.1 cm³/mol. The molecule has 1 atom stereocenters. The molecular formula is C15H19N3O2. The number of carbonyl (C=O) groups excluding carboxylic acids is 2. The van der Waals surface area contributed by atoms with Gasteiger partial charge in [0.1, 0.15) is 0 Å². The van der Waals surface area contributed by atoms with Gasteiger partial charge in [0.25, 0.3) is 0 Å². The standard InChI is InChI=1S/C15H19N3O2/c1-10-7-12(5-6-16-10)17-15(20)11-8-14(19)18(9-11)13-3-2-4-13/h5-7,11,13H,2-4,8-9H2,1H3,(H,16,17,20). The highest BCUT2D eigenvalue weighted by Crippen LogP contribution is 2.31. The van der Waals surface area contributed by atoms with E-state index in [1.165, 1.54) is 6.42 Å². The Morgan fingerprint density at radius 3 is 2.90 bits per heavy atom. The van der Waals surface area contributed by atoms with Crippen molar-refractivity contribution in [1.29, 1.82) is 0 Å². The number of nitrogens with one attached hydrogen (secondary N) is 1. The van der Waals surface area contributed by atoms with Gasteiger partial charge < -0.3 is 10.2 Å². The SMILES string of the molecule is Cc1cc(NC(=O)C2CC(=O)N(C3CCC3)C2)ccn1. The van der Waals surface area contributed by atoms with Gasteiger partial charge >= 0.3 is 0 Å². The molecule has 5 nitrogen and oxygen atoms in total. The average Bonchev–Trinajstić information content (AvgIpc) is 2.70. The van der Waals surface area contributed by atoms with Crippen molar-refractivity contribution in [1.82, 2.24) is 9.88 Å². The van der Waals surface area contributed by atoms with Crippen LogP contribution in [0.3, 0.4) is 0 Å². The zero-order chi connectivity index (χ0) is 14.1. The molecule has 0 aromatic carbocycles. The van der Waals surface area contributed by atoms with E-state index in [4.69, 9.17) is 0 Å². The number of rotatable bonds is 3. The van der Waals surface area contributed by atoms with E-state index in [-0.39, 0.29) is 17.7 Å². The second-order valence-electron chi connectivity index (χ2n) is 5.71. The molecule has 1 unspecified atom stereocenters. The summed E-state index contributed by atoms with van der Waals surface area (Å²) in [6.07, 6.45) is 5.38. The van der Waals surface area contributed by atoms with E-state index >= 15 is 0 Å². The summed E-state index contributed by atoms with van der Waals surface area (Å²) in [4.78, 5) is 30.2. The quantitative estimate of drug-likeness (QED) is 0.912. The lowest BCUT2D eigenvalue weighted by molar-refractivity contribution is -0.131. The number of anilines is 1. The minimum absolute atomic E-state index is 0.0641. The fraction of sp³-hybridized carbons (Fsp3) is 0.533. The van der Waals surface area contributed by atoms with E-state index in [1.807, 2.05) is 17.9 Å². The van der Waals surface area contributed by atoms with Crippen LogP contribution in [0.1, 0.15) is 31.4 Å². The Labute approximate surface area is 118 Å². The molecule has 2 fully saturated rings. The molecule has 1 saturated heterocycles. The Bertz CT molecular complexity index is 540. The van der Waals surface area contributed by atoms with Crippen molar-refractivity contribution in [3.8, 4) is 0 Å². The van der Waals surface area contributed by atoms with Gasteiger partial charge in [0.05, 0.1) is 5.92 Å².